The molecule has 3 aromatic rings. The zero-order valence-electron chi connectivity index (χ0n) is 18.7. The number of rotatable bonds is 6. The van der Waals surface area contributed by atoms with Crippen LogP contribution in [0.25, 0.3) is 17.0 Å². The normalized spacial score (nSPS) is 15.6. The topological polar surface area (TPSA) is 109 Å². The predicted octanol–water partition coefficient (Wildman–Crippen LogP) is 5.28. The molecule has 0 saturated carbocycles. The second-order valence-electron chi connectivity index (χ2n) is 8.33. The Morgan fingerprint density at radius 1 is 1.21 bits per heavy atom. The van der Waals surface area contributed by atoms with E-state index in [2.05, 4.69) is 20.6 Å². The van der Waals surface area contributed by atoms with Crippen molar-refractivity contribution < 1.29 is 9.59 Å². The monoisotopic (exact) mass is 493 g/mol. The fourth-order valence-corrected chi connectivity index (χ4v) is 4.45. The average Bonchev–Trinajstić information content (AvgIpc) is 3.14. The van der Waals surface area contributed by atoms with Gasteiger partial charge in [-0.25, -0.2) is 0 Å². The molecule has 0 unspecified atom stereocenters. The number of halogens is 1. The number of hydrogen-bond donors (Lipinski definition) is 3. The van der Waals surface area contributed by atoms with Gasteiger partial charge in [0.05, 0.1) is 27.2 Å². The third-order valence-corrected chi connectivity index (χ3v) is 6.31. The quantitative estimate of drug-likeness (QED) is 0.403. The number of nitrogens with two attached hydrogens (primary N) is 1. The molecule has 1 aromatic heterocycles. The summed E-state index contributed by atoms with van der Waals surface area (Å²) in [5, 5.41) is 7.72. The number of nitrogens with zero attached hydrogens (tertiary/aromatic N) is 2. The van der Waals surface area contributed by atoms with Crippen LogP contribution in [-0.2, 0) is 9.59 Å². The van der Waals surface area contributed by atoms with E-state index < -0.39 is 6.04 Å². The number of amidine groups is 1. The number of anilines is 2. The van der Waals surface area contributed by atoms with Crippen LogP contribution in [0.2, 0.25) is 5.02 Å². The van der Waals surface area contributed by atoms with Gasteiger partial charge in [-0.1, -0.05) is 37.6 Å². The van der Waals surface area contributed by atoms with Crippen LogP contribution in [0.5, 0.6) is 0 Å². The van der Waals surface area contributed by atoms with Gasteiger partial charge in [0.15, 0.2) is 5.17 Å². The zero-order valence-corrected chi connectivity index (χ0v) is 20.3. The van der Waals surface area contributed by atoms with Crippen molar-refractivity contribution in [3.63, 3.8) is 0 Å². The molecule has 4 N–H and O–H groups in total. The van der Waals surface area contributed by atoms with Gasteiger partial charge in [0.2, 0.25) is 5.91 Å². The largest absolute Gasteiger partial charge is 0.333 e. The van der Waals surface area contributed by atoms with Gasteiger partial charge in [0, 0.05) is 17.3 Å². The van der Waals surface area contributed by atoms with Crippen molar-refractivity contribution in [1.82, 2.24) is 4.98 Å². The SMILES string of the molecule is CC(C)C[C@H](N)C(=O)Nc1ccc(Cl)c(NC2=NC(=O)/C(=C/c3ccc4ncccc4c3)S2)c1. The summed E-state index contributed by atoms with van der Waals surface area (Å²) in [6.45, 7) is 4.03. The number of pyridine rings is 1. The van der Waals surface area contributed by atoms with Crippen molar-refractivity contribution in [2.75, 3.05) is 10.6 Å². The molecule has 34 heavy (non-hydrogen) atoms. The fourth-order valence-electron chi connectivity index (χ4n) is 3.46. The minimum atomic E-state index is -0.599. The summed E-state index contributed by atoms with van der Waals surface area (Å²) in [7, 11) is 0. The van der Waals surface area contributed by atoms with E-state index in [9.17, 15) is 9.59 Å². The molecule has 7 nitrogen and oxygen atoms in total. The first kappa shape index (κ1) is 23.9. The number of nitrogens with one attached hydrogen (secondary N) is 2. The van der Waals surface area contributed by atoms with E-state index in [0.29, 0.717) is 38.8 Å². The molecule has 0 saturated heterocycles. The molecule has 4 rings (SSSR count). The summed E-state index contributed by atoms with van der Waals surface area (Å²) in [5.74, 6) is -0.286. The number of aliphatic imine (C=N–C) groups is 1. The van der Waals surface area contributed by atoms with E-state index in [1.54, 1.807) is 30.5 Å². The van der Waals surface area contributed by atoms with E-state index in [1.165, 1.54) is 11.8 Å². The minimum absolute atomic E-state index is 0.263. The highest BCUT2D eigenvalue weighted by Crippen LogP contribution is 2.32. The van der Waals surface area contributed by atoms with Gasteiger partial charge >= 0.3 is 0 Å². The van der Waals surface area contributed by atoms with Crippen molar-refractivity contribution in [3.05, 3.63) is 70.2 Å². The van der Waals surface area contributed by atoms with E-state index >= 15 is 0 Å². The van der Waals surface area contributed by atoms with Gasteiger partial charge in [0.25, 0.3) is 5.91 Å². The third kappa shape index (κ3) is 5.83. The van der Waals surface area contributed by atoms with Gasteiger partial charge in [-0.15, -0.1) is 0 Å². The van der Waals surface area contributed by atoms with Crippen molar-refractivity contribution in [3.8, 4) is 0 Å². The summed E-state index contributed by atoms with van der Waals surface area (Å²) in [6, 6.07) is 14.1. The molecule has 0 aliphatic carbocycles. The molecule has 1 atom stereocenters. The minimum Gasteiger partial charge on any atom is -0.333 e. The summed E-state index contributed by atoms with van der Waals surface area (Å²) >= 11 is 7.55. The molecule has 2 heterocycles. The molecule has 0 spiro atoms. The lowest BCUT2D eigenvalue weighted by Gasteiger charge is -2.15. The van der Waals surface area contributed by atoms with Gasteiger partial charge in [0.1, 0.15) is 0 Å². The van der Waals surface area contributed by atoms with Crippen molar-refractivity contribution in [1.29, 1.82) is 0 Å². The fraction of sp³-hybridized carbons (Fsp3) is 0.200. The van der Waals surface area contributed by atoms with Crippen molar-refractivity contribution >= 4 is 68.7 Å². The average molecular weight is 494 g/mol. The number of carbonyl (C=O) groups is 2. The standard InChI is InChI=1S/C25H24ClN5O2S/c1-14(2)10-19(27)23(32)29-17-6-7-18(26)21(13-17)30-25-31-24(33)22(34-25)12-15-5-8-20-16(11-15)4-3-9-28-20/h3-9,11-14,19H,10,27H2,1-2H3,(H,29,32)(H,30,31,33)/b22-12-/t19-/m0/s1. The Hall–Kier alpha value is -3.20. The third-order valence-electron chi connectivity index (χ3n) is 5.08. The van der Waals surface area contributed by atoms with E-state index in [-0.39, 0.29) is 11.8 Å². The van der Waals surface area contributed by atoms with Gasteiger partial charge in [-0.3, -0.25) is 14.6 Å². The molecular weight excluding hydrogens is 470 g/mol. The maximum atomic E-state index is 12.5. The number of hydrogen-bond acceptors (Lipinski definition) is 6. The first-order valence-corrected chi connectivity index (χ1v) is 12.0. The van der Waals surface area contributed by atoms with Crippen LogP contribution in [0.15, 0.2) is 64.6 Å². The highest BCUT2D eigenvalue weighted by atomic mass is 35.5. The molecule has 9 heteroatoms. The van der Waals surface area contributed by atoms with Crippen LogP contribution >= 0.6 is 23.4 Å². The van der Waals surface area contributed by atoms with Crippen LogP contribution < -0.4 is 16.4 Å². The number of aromatic nitrogens is 1. The lowest BCUT2D eigenvalue weighted by Crippen LogP contribution is -2.36. The lowest BCUT2D eigenvalue weighted by atomic mass is 10.0. The molecule has 1 aliphatic rings. The lowest BCUT2D eigenvalue weighted by molar-refractivity contribution is -0.117. The van der Waals surface area contributed by atoms with Gasteiger partial charge in [-0.2, -0.15) is 4.99 Å². The highest BCUT2D eigenvalue weighted by Gasteiger charge is 2.23. The van der Waals surface area contributed by atoms with E-state index in [1.807, 2.05) is 44.2 Å². The van der Waals surface area contributed by atoms with Crippen molar-refractivity contribution in [2.24, 2.45) is 16.6 Å². The molecule has 1 aliphatic heterocycles. The molecule has 2 aromatic carbocycles. The highest BCUT2D eigenvalue weighted by molar-refractivity contribution is 8.18. The Kier molecular flexibility index (Phi) is 7.31. The molecule has 174 valence electrons. The summed E-state index contributed by atoms with van der Waals surface area (Å²) < 4.78 is 0. The molecule has 0 bridgehead atoms. The van der Waals surface area contributed by atoms with Crippen LogP contribution in [0.4, 0.5) is 11.4 Å². The van der Waals surface area contributed by atoms with Crippen LogP contribution in [0, 0.1) is 5.92 Å². The Labute approximate surface area is 206 Å². The first-order chi connectivity index (χ1) is 16.3. The number of thioether (sulfide) groups is 1. The Balaban J connectivity index is 1.46. The second-order valence-corrected chi connectivity index (χ2v) is 9.77. The maximum Gasteiger partial charge on any atom is 0.286 e. The number of amides is 2. The molecule has 0 fully saturated rings. The Morgan fingerprint density at radius 2 is 2.03 bits per heavy atom. The number of benzene rings is 2. The number of fused-ring (bicyclic) bond motifs is 1. The first-order valence-electron chi connectivity index (χ1n) is 10.8. The van der Waals surface area contributed by atoms with Crippen LogP contribution in [0.3, 0.4) is 0 Å². The predicted molar refractivity (Wildman–Crippen MR) is 141 cm³/mol. The molecule has 2 amide bonds. The van der Waals surface area contributed by atoms with Crippen LogP contribution in [-0.4, -0.2) is 28.0 Å². The molecule has 0 radical (unpaired) electrons. The second kappa shape index (κ2) is 10.4. The summed E-state index contributed by atoms with van der Waals surface area (Å²) in [6.07, 6.45) is 4.13. The van der Waals surface area contributed by atoms with Crippen LogP contribution in [0.1, 0.15) is 25.8 Å². The Morgan fingerprint density at radius 3 is 2.82 bits per heavy atom. The van der Waals surface area contributed by atoms with E-state index in [0.717, 1.165) is 16.5 Å². The van der Waals surface area contributed by atoms with Crippen molar-refractivity contribution in [2.45, 2.75) is 26.3 Å². The smallest absolute Gasteiger partial charge is 0.286 e. The summed E-state index contributed by atoms with van der Waals surface area (Å²) in [4.78, 5) is 33.7. The van der Waals surface area contributed by atoms with E-state index in [4.69, 9.17) is 17.3 Å². The van der Waals surface area contributed by atoms with Gasteiger partial charge in [-0.05, 0) is 72.1 Å². The Bertz CT molecular complexity index is 1320. The summed E-state index contributed by atoms with van der Waals surface area (Å²) in [5.41, 5.74) is 8.81. The molecular formula is C25H24ClN5O2S. The zero-order chi connectivity index (χ0) is 24.2. The van der Waals surface area contributed by atoms with Gasteiger partial charge < -0.3 is 16.4 Å². The number of carbonyl (C=O) groups excluding carboxylic acids is 2. The maximum absolute atomic E-state index is 12.5.